The van der Waals surface area contributed by atoms with Crippen LogP contribution in [-0.2, 0) is 5.11 Å². The van der Waals surface area contributed by atoms with E-state index < -0.39 is 11.7 Å². The third kappa shape index (κ3) is 0.775. The van der Waals surface area contributed by atoms with Crippen LogP contribution in [0.4, 0.5) is 0 Å². The van der Waals surface area contributed by atoms with Crippen LogP contribution in [0.2, 0.25) is 0 Å². The van der Waals surface area contributed by atoms with Gasteiger partial charge in [0.1, 0.15) is 6.10 Å². The van der Waals surface area contributed by atoms with Crippen molar-refractivity contribution in [2.75, 3.05) is 0 Å². The summed E-state index contributed by atoms with van der Waals surface area (Å²) in [5, 5.41) is 21.5. The van der Waals surface area contributed by atoms with E-state index in [9.17, 15) is 10.2 Å². The molecule has 12 heavy (non-hydrogen) atoms. The van der Waals surface area contributed by atoms with Crippen molar-refractivity contribution in [3.8, 4) is 0 Å². The highest BCUT2D eigenvalue weighted by molar-refractivity contribution is 5.12. The highest BCUT2D eigenvalue weighted by atomic mass is 16.3. The summed E-state index contributed by atoms with van der Waals surface area (Å²) in [5.74, 6) is 0.788. The minimum absolute atomic E-state index is 0.199. The molecule has 3 aliphatic carbocycles. The fourth-order valence-electron chi connectivity index (χ4n) is 3.13. The van der Waals surface area contributed by atoms with E-state index in [2.05, 4.69) is 13.8 Å². The molecule has 1 N–H and O–H groups in total. The summed E-state index contributed by atoms with van der Waals surface area (Å²) in [7, 11) is 0. The lowest BCUT2D eigenvalue weighted by atomic mass is 9.43. The number of hydrogen-bond acceptors (Lipinski definition) is 1. The molecule has 0 amide bonds. The standard InChI is InChI=1S/C10H17O2/c1-9(2)6-4-7(9)10(3,12)8(11)5-6/h6-8,12H,4-5H2,1-3H3. The Bertz CT molecular complexity index is 208. The third-order valence-corrected chi connectivity index (χ3v) is 4.33. The van der Waals surface area contributed by atoms with E-state index in [1.807, 2.05) is 0 Å². The molecule has 0 aromatic heterocycles. The van der Waals surface area contributed by atoms with Crippen LogP contribution in [-0.4, -0.2) is 16.8 Å². The number of aliphatic hydroxyl groups is 1. The van der Waals surface area contributed by atoms with Gasteiger partial charge >= 0.3 is 0 Å². The maximum Gasteiger partial charge on any atom is 0.122 e. The highest BCUT2D eigenvalue weighted by Gasteiger charge is 2.63. The van der Waals surface area contributed by atoms with Gasteiger partial charge in [0.25, 0.3) is 0 Å². The second-order valence-corrected chi connectivity index (χ2v) is 5.26. The zero-order valence-corrected chi connectivity index (χ0v) is 8.00. The molecule has 0 aliphatic heterocycles. The Labute approximate surface area is 73.6 Å². The Morgan fingerprint density at radius 2 is 1.83 bits per heavy atom. The van der Waals surface area contributed by atoms with Crippen LogP contribution < -0.4 is 0 Å². The Hall–Kier alpha value is -0.0800. The van der Waals surface area contributed by atoms with Gasteiger partial charge in [0, 0.05) is 0 Å². The van der Waals surface area contributed by atoms with E-state index in [0.29, 0.717) is 12.3 Å². The summed E-state index contributed by atoms with van der Waals surface area (Å²) in [6.45, 7) is 6.06. The summed E-state index contributed by atoms with van der Waals surface area (Å²) in [6, 6.07) is 0. The maximum absolute atomic E-state index is 11.5. The van der Waals surface area contributed by atoms with Gasteiger partial charge < -0.3 is 5.11 Å². The van der Waals surface area contributed by atoms with Crippen molar-refractivity contribution < 1.29 is 10.2 Å². The molecule has 3 fully saturated rings. The monoisotopic (exact) mass is 169 g/mol. The van der Waals surface area contributed by atoms with Gasteiger partial charge in [-0.3, -0.25) is 0 Å². The van der Waals surface area contributed by atoms with Crippen LogP contribution in [0.3, 0.4) is 0 Å². The summed E-state index contributed by atoms with van der Waals surface area (Å²) >= 11 is 0. The van der Waals surface area contributed by atoms with Crippen molar-refractivity contribution in [1.29, 1.82) is 0 Å². The van der Waals surface area contributed by atoms with Gasteiger partial charge in [0.2, 0.25) is 0 Å². The average Bonchev–Trinajstić information content (AvgIpc) is 1.93. The summed E-state index contributed by atoms with van der Waals surface area (Å²) in [4.78, 5) is 0. The van der Waals surface area contributed by atoms with Crippen molar-refractivity contribution in [3.05, 3.63) is 0 Å². The van der Waals surface area contributed by atoms with E-state index in [1.54, 1.807) is 6.92 Å². The van der Waals surface area contributed by atoms with Crippen molar-refractivity contribution in [2.24, 2.45) is 17.3 Å². The molecule has 2 bridgehead atoms. The molecule has 2 heteroatoms. The first-order valence-electron chi connectivity index (χ1n) is 4.75. The summed E-state index contributed by atoms with van der Waals surface area (Å²) in [6.07, 6.45) is 0.962. The quantitative estimate of drug-likeness (QED) is 0.588. The maximum atomic E-state index is 11.5. The second kappa shape index (κ2) is 2.05. The molecule has 3 aliphatic rings. The third-order valence-electron chi connectivity index (χ3n) is 4.33. The molecule has 0 aromatic carbocycles. The Kier molecular flexibility index (Phi) is 1.45. The van der Waals surface area contributed by atoms with Gasteiger partial charge in [-0.1, -0.05) is 13.8 Å². The molecule has 4 unspecified atom stereocenters. The Morgan fingerprint density at radius 1 is 1.25 bits per heavy atom. The van der Waals surface area contributed by atoms with Crippen molar-refractivity contribution in [2.45, 2.75) is 45.3 Å². The first-order valence-corrected chi connectivity index (χ1v) is 4.75. The van der Waals surface area contributed by atoms with Gasteiger partial charge in [-0.2, -0.15) is 0 Å². The Balaban J connectivity index is 2.27. The highest BCUT2D eigenvalue weighted by Crippen LogP contribution is 2.62. The predicted molar refractivity (Wildman–Crippen MR) is 45.1 cm³/mol. The van der Waals surface area contributed by atoms with Crippen LogP contribution in [0.15, 0.2) is 0 Å². The van der Waals surface area contributed by atoms with Gasteiger partial charge in [-0.25, -0.2) is 5.11 Å². The fraction of sp³-hybridized carbons (Fsp3) is 1.00. The van der Waals surface area contributed by atoms with E-state index >= 15 is 0 Å². The molecule has 0 saturated heterocycles. The predicted octanol–water partition coefficient (Wildman–Crippen LogP) is 1.60. The minimum atomic E-state index is -0.960. The lowest BCUT2D eigenvalue weighted by molar-refractivity contribution is -0.258. The largest absolute Gasteiger partial charge is 0.387 e. The molecular formula is C10H17O2. The molecule has 1 radical (unpaired) electrons. The average molecular weight is 169 g/mol. The lowest BCUT2D eigenvalue weighted by Gasteiger charge is -2.63. The van der Waals surface area contributed by atoms with Crippen molar-refractivity contribution in [1.82, 2.24) is 0 Å². The van der Waals surface area contributed by atoms with Gasteiger partial charge in [-0.15, -0.1) is 0 Å². The minimum Gasteiger partial charge on any atom is -0.387 e. The van der Waals surface area contributed by atoms with Crippen LogP contribution in [0.1, 0.15) is 33.6 Å². The van der Waals surface area contributed by atoms with E-state index in [0.717, 1.165) is 6.42 Å². The SMILES string of the molecule is CC1(C)C2CC([O])C(C)(O)C1C2. The van der Waals surface area contributed by atoms with Crippen LogP contribution in [0.25, 0.3) is 0 Å². The molecule has 0 spiro atoms. The fourth-order valence-corrected chi connectivity index (χ4v) is 3.13. The molecular weight excluding hydrogens is 152 g/mol. The molecule has 4 atom stereocenters. The summed E-state index contributed by atoms with van der Waals surface area (Å²) in [5.41, 5.74) is -0.761. The van der Waals surface area contributed by atoms with Crippen molar-refractivity contribution in [3.63, 3.8) is 0 Å². The van der Waals surface area contributed by atoms with Gasteiger partial charge in [0.15, 0.2) is 0 Å². The molecule has 0 heterocycles. The normalized spacial score (nSPS) is 56.2. The van der Waals surface area contributed by atoms with Gasteiger partial charge in [0.05, 0.1) is 5.60 Å². The second-order valence-electron chi connectivity index (χ2n) is 5.26. The molecule has 3 saturated carbocycles. The molecule has 3 rings (SSSR count). The summed E-state index contributed by atoms with van der Waals surface area (Å²) < 4.78 is 0. The van der Waals surface area contributed by atoms with E-state index in [1.165, 1.54) is 0 Å². The number of rotatable bonds is 0. The van der Waals surface area contributed by atoms with E-state index in [4.69, 9.17) is 0 Å². The first-order chi connectivity index (χ1) is 5.37. The van der Waals surface area contributed by atoms with Crippen LogP contribution in [0, 0.1) is 17.3 Å². The Morgan fingerprint density at radius 3 is 2.17 bits per heavy atom. The van der Waals surface area contributed by atoms with Crippen molar-refractivity contribution >= 4 is 0 Å². The zero-order chi connectivity index (χ0) is 9.15. The number of hydrogen-bond donors (Lipinski definition) is 1. The topological polar surface area (TPSA) is 40.1 Å². The zero-order valence-electron chi connectivity index (χ0n) is 8.00. The first kappa shape index (κ1) is 8.52. The molecule has 2 nitrogen and oxygen atoms in total. The molecule has 0 aromatic rings. The molecule has 69 valence electrons. The van der Waals surface area contributed by atoms with Gasteiger partial charge in [-0.05, 0) is 37.0 Å². The lowest BCUT2D eigenvalue weighted by Crippen LogP contribution is -2.66. The van der Waals surface area contributed by atoms with Crippen LogP contribution >= 0.6 is 0 Å². The van der Waals surface area contributed by atoms with E-state index in [-0.39, 0.29) is 11.3 Å². The number of fused-ring (bicyclic) bond motifs is 2. The van der Waals surface area contributed by atoms with Crippen LogP contribution in [0.5, 0.6) is 0 Å². The smallest absolute Gasteiger partial charge is 0.122 e.